The van der Waals surface area contributed by atoms with Crippen molar-refractivity contribution >= 4 is 33.8 Å². The minimum Gasteiger partial charge on any atom is -0.358 e. The van der Waals surface area contributed by atoms with E-state index in [-0.39, 0.29) is 17.5 Å². The van der Waals surface area contributed by atoms with E-state index in [1.165, 1.54) is 15.7 Å². The summed E-state index contributed by atoms with van der Waals surface area (Å²) in [6.07, 6.45) is 2.36. The summed E-state index contributed by atoms with van der Waals surface area (Å²) in [5.41, 5.74) is 0. The van der Waals surface area contributed by atoms with Crippen LogP contribution in [0.1, 0.15) is 13.3 Å². The van der Waals surface area contributed by atoms with Gasteiger partial charge in [-0.2, -0.15) is 9.38 Å². The maximum atomic E-state index is 11.9. The molecule has 2 aromatic heterocycles. The van der Waals surface area contributed by atoms with E-state index < -0.39 is 11.0 Å². The van der Waals surface area contributed by atoms with E-state index in [1.807, 2.05) is 0 Å². The van der Waals surface area contributed by atoms with Crippen LogP contribution in [0, 0.1) is 10.1 Å². The van der Waals surface area contributed by atoms with Gasteiger partial charge in [-0.1, -0.05) is 11.3 Å². The molecule has 0 aliphatic carbocycles. The van der Waals surface area contributed by atoms with Gasteiger partial charge in [0.1, 0.15) is 12.2 Å². The third-order valence-corrected chi connectivity index (χ3v) is 4.14. The third kappa shape index (κ3) is 1.90. The van der Waals surface area contributed by atoms with Crippen molar-refractivity contribution in [2.24, 2.45) is 0 Å². The Hall–Kier alpha value is -2.16. The van der Waals surface area contributed by atoms with Gasteiger partial charge in [0, 0.05) is 18.5 Å². The first-order valence-corrected chi connectivity index (χ1v) is 7.12. The second-order valence-electron chi connectivity index (χ2n) is 4.59. The van der Waals surface area contributed by atoms with Crippen molar-refractivity contribution in [2.45, 2.75) is 19.4 Å². The lowest BCUT2D eigenvalue weighted by Crippen LogP contribution is -2.42. The lowest BCUT2D eigenvalue weighted by molar-refractivity contribution is -0.389. The molecule has 8 nitrogen and oxygen atoms in total. The molecule has 0 radical (unpaired) electrons. The molecular formula is C11H13N5O3S. The van der Waals surface area contributed by atoms with Crippen LogP contribution in [0.3, 0.4) is 0 Å². The fraction of sp³-hybridized carbons (Fsp3) is 0.455. The molecule has 0 saturated carbocycles. The molecule has 1 saturated heterocycles. The van der Waals surface area contributed by atoms with Crippen molar-refractivity contribution in [3.8, 4) is 0 Å². The molecule has 1 fully saturated rings. The molecule has 0 aromatic carbocycles. The number of anilines is 1. The Kier molecular flexibility index (Phi) is 3.05. The van der Waals surface area contributed by atoms with Crippen LogP contribution in [0.5, 0.6) is 0 Å². The Labute approximate surface area is 118 Å². The third-order valence-electron chi connectivity index (χ3n) is 3.39. The van der Waals surface area contributed by atoms with Gasteiger partial charge in [0.15, 0.2) is 0 Å². The van der Waals surface area contributed by atoms with Gasteiger partial charge in [-0.3, -0.25) is 4.79 Å². The number of carbonyl (C=O) groups excluding carboxylic acids is 1. The van der Waals surface area contributed by atoms with Crippen molar-refractivity contribution in [1.82, 2.24) is 14.7 Å². The molecule has 0 spiro atoms. The van der Waals surface area contributed by atoms with Crippen LogP contribution in [-0.2, 0) is 4.79 Å². The number of hydrogen-bond acceptors (Lipinski definition) is 6. The Morgan fingerprint density at radius 1 is 1.60 bits per heavy atom. The zero-order valence-electron chi connectivity index (χ0n) is 10.8. The van der Waals surface area contributed by atoms with E-state index in [0.29, 0.717) is 18.1 Å². The maximum absolute atomic E-state index is 11.9. The van der Waals surface area contributed by atoms with Crippen LogP contribution in [0.25, 0.3) is 4.96 Å². The molecule has 1 atom stereocenters. The lowest BCUT2D eigenvalue weighted by atomic mass is 10.2. The van der Waals surface area contributed by atoms with Crippen molar-refractivity contribution < 1.29 is 9.72 Å². The quantitative estimate of drug-likeness (QED) is 0.659. The van der Waals surface area contributed by atoms with Gasteiger partial charge in [0.2, 0.25) is 11.7 Å². The predicted molar refractivity (Wildman–Crippen MR) is 74.2 cm³/mol. The molecule has 1 aliphatic heterocycles. The molecular weight excluding hydrogens is 282 g/mol. The zero-order valence-corrected chi connectivity index (χ0v) is 11.6. The molecule has 106 valence electrons. The number of aromatic nitrogens is 2. The Balaban J connectivity index is 2.12. The normalized spacial score (nSPS) is 19.9. The van der Waals surface area contributed by atoms with Gasteiger partial charge in [-0.15, -0.1) is 0 Å². The number of nitro groups is 1. The van der Waals surface area contributed by atoms with Gasteiger partial charge in [-0.05, 0) is 18.3 Å². The smallest absolute Gasteiger partial charge is 0.358 e. The lowest BCUT2D eigenvalue weighted by Gasteiger charge is -2.24. The molecule has 2 aromatic rings. The molecule has 0 bridgehead atoms. The van der Waals surface area contributed by atoms with E-state index in [2.05, 4.69) is 10.3 Å². The molecule has 3 rings (SSSR count). The average molecular weight is 295 g/mol. The Morgan fingerprint density at radius 2 is 2.40 bits per heavy atom. The van der Waals surface area contributed by atoms with Crippen molar-refractivity contribution in [3.05, 3.63) is 21.7 Å². The highest BCUT2D eigenvalue weighted by Crippen LogP contribution is 2.32. The molecule has 3 heterocycles. The van der Waals surface area contributed by atoms with Gasteiger partial charge in [0.05, 0.1) is 0 Å². The number of carbonyl (C=O) groups is 1. The van der Waals surface area contributed by atoms with Crippen LogP contribution in [0.2, 0.25) is 0 Å². The molecule has 20 heavy (non-hydrogen) atoms. The highest BCUT2D eigenvalue weighted by Gasteiger charge is 2.33. The molecule has 1 aliphatic rings. The number of rotatable bonds is 2. The van der Waals surface area contributed by atoms with Gasteiger partial charge in [0.25, 0.3) is 4.96 Å². The topological polar surface area (TPSA) is 92.8 Å². The highest BCUT2D eigenvalue weighted by atomic mass is 32.1. The minimum absolute atomic E-state index is 0.0807. The molecule has 1 N–H and O–H groups in total. The van der Waals surface area contributed by atoms with E-state index in [4.69, 9.17) is 0 Å². The van der Waals surface area contributed by atoms with Crippen LogP contribution >= 0.6 is 11.3 Å². The molecule has 1 amide bonds. The number of nitrogens with zero attached hydrogens (tertiary/aromatic N) is 4. The second kappa shape index (κ2) is 4.75. The summed E-state index contributed by atoms with van der Waals surface area (Å²) in [6.45, 7) is 2.87. The number of hydrogen-bond donors (Lipinski definition) is 1. The average Bonchev–Trinajstić information content (AvgIpc) is 2.92. The monoisotopic (exact) mass is 295 g/mol. The van der Waals surface area contributed by atoms with Crippen LogP contribution in [0.4, 0.5) is 11.6 Å². The highest BCUT2D eigenvalue weighted by molar-refractivity contribution is 7.15. The van der Waals surface area contributed by atoms with Crippen molar-refractivity contribution in [3.63, 3.8) is 0 Å². The summed E-state index contributed by atoms with van der Waals surface area (Å²) >= 11 is 1.33. The minimum atomic E-state index is -0.471. The predicted octanol–water partition coefficient (Wildman–Crippen LogP) is 1.02. The maximum Gasteiger partial charge on any atom is 0.373 e. The molecule has 9 heteroatoms. The van der Waals surface area contributed by atoms with Crippen molar-refractivity contribution in [2.75, 3.05) is 18.0 Å². The fourth-order valence-electron chi connectivity index (χ4n) is 2.36. The standard InChI is InChI=1S/C11H13N5O3S/c1-7-9(17)12-3-2-4-14(7)8-10(16(18)19)15-5-6-20-11(15)13-8/h5-7H,2-4H2,1H3,(H,12,17). The van der Waals surface area contributed by atoms with E-state index in [0.717, 1.165) is 6.42 Å². The Morgan fingerprint density at radius 3 is 3.15 bits per heavy atom. The summed E-state index contributed by atoms with van der Waals surface area (Å²) in [4.78, 5) is 29.4. The fourth-order valence-corrected chi connectivity index (χ4v) is 3.06. The summed E-state index contributed by atoms with van der Waals surface area (Å²) in [6, 6.07) is -0.471. The molecule has 1 unspecified atom stereocenters. The second-order valence-corrected chi connectivity index (χ2v) is 5.46. The SMILES string of the molecule is CC1C(=O)NCCCN1c1nc2sccn2c1[N+](=O)[O-]. The van der Waals surface area contributed by atoms with Crippen LogP contribution in [0.15, 0.2) is 11.6 Å². The Bertz CT molecular complexity index is 679. The number of nitrogens with one attached hydrogen (secondary N) is 1. The number of imidazole rings is 1. The van der Waals surface area contributed by atoms with Gasteiger partial charge < -0.3 is 20.3 Å². The van der Waals surface area contributed by atoms with E-state index >= 15 is 0 Å². The first kappa shape index (κ1) is 12.9. The summed E-state index contributed by atoms with van der Waals surface area (Å²) in [7, 11) is 0. The van der Waals surface area contributed by atoms with Crippen LogP contribution in [-0.4, -0.2) is 39.3 Å². The summed E-state index contributed by atoms with van der Waals surface area (Å²) in [5.74, 6) is 0.0577. The largest absolute Gasteiger partial charge is 0.373 e. The summed E-state index contributed by atoms with van der Waals surface area (Å²) in [5, 5.41) is 15.9. The van der Waals surface area contributed by atoms with Gasteiger partial charge >= 0.3 is 5.82 Å². The van der Waals surface area contributed by atoms with E-state index in [9.17, 15) is 14.9 Å². The number of amides is 1. The van der Waals surface area contributed by atoms with E-state index in [1.54, 1.807) is 23.4 Å². The van der Waals surface area contributed by atoms with Gasteiger partial charge in [-0.25, -0.2) is 0 Å². The zero-order chi connectivity index (χ0) is 14.3. The first-order valence-electron chi connectivity index (χ1n) is 6.24. The summed E-state index contributed by atoms with van der Waals surface area (Å²) < 4.78 is 1.45. The number of fused-ring (bicyclic) bond motifs is 1. The number of thiazole rings is 1. The first-order chi connectivity index (χ1) is 9.59. The van der Waals surface area contributed by atoms with Crippen molar-refractivity contribution in [1.29, 1.82) is 0 Å². The van der Waals surface area contributed by atoms with Crippen LogP contribution < -0.4 is 10.2 Å².